The Morgan fingerprint density at radius 2 is 1.84 bits per heavy atom. The predicted molar refractivity (Wildman–Crippen MR) is 90.7 cm³/mol. The molecule has 0 unspecified atom stereocenters. The van der Waals surface area contributed by atoms with Crippen LogP contribution in [0.1, 0.15) is 21.5 Å². The molecule has 19 heavy (non-hydrogen) atoms. The van der Waals surface area contributed by atoms with Crippen LogP contribution in [0.3, 0.4) is 0 Å². The van der Waals surface area contributed by atoms with E-state index in [1.807, 2.05) is 50.2 Å². The van der Waals surface area contributed by atoms with Crippen LogP contribution in [0.25, 0.3) is 0 Å². The quantitative estimate of drug-likeness (QED) is 0.674. The van der Waals surface area contributed by atoms with Crippen LogP contribution < -0.4 is 5.32 Å². The number of anilines is 1. The van der Waals surface area contributed by atoms with Crippen molar-refractivity contribution in [2.45, 2.75) is 13.8 Å². The van der Waals surface area contributed by atoms with Crippen molar-refractivity contribution in [2.75, 3.05) is 5.32 Å². The molecule has 0 radical (unpaired) electrons. The van der Waals surface area contributed by atoms with Gasteiger partial charge in [0.2, 0.25) is 0 Å². The van der Waals surface area contributed by atoms with Crippen LogP contribution in [0.2, 0.25) is 0 Å². The van der Waals surface area contributed by atoms with Gasteiger partial charge in [0.25, 0.3) is 5.91 Å². The number of carbonyl (C=O) groups is 1. The minimum Gasteiger partial charge on any atom is -0.322 e. The first kappa shape index (κ1) is 14.5. The van der Waals surface area contributed by atoms with E-state index < -0.39 is 0 Å². The van der Waals surface area contributed by atoms with E-state index in [1.54, 1.807) is 0 Å². The molecule has 0 bridgehead atoms. The summed E-state index contributed by atoms with van der Waals surface area (Å²) in [5.74, 6) is -0.0802. The molecule has 0 saturated heterocycles. The Bertz CT molecular complexity index is 640. The fourth-order valence-electron chi connectivity index (χ4n) is 1.70. The molecular weight excluding hydrogens is 417 g/mol. The summed E-state index contributed by atoms with van der Waals surface area (Å²) in [5.41, 5.74) is 3.72. The highest BCUT2D eigenvalue weighted by Crippen LogP contribution is 2.21. The number of hydrogen-bond acceptors (Lipinski definition) is 1. The molecule has 0 fully saturated rings. The number of aryl methyl sites for hydroxylation is 2. The zero-order valence-corrected chi connectivity index (χ0v) is 14.4. The summed E-state index contributed by atoms with van der Waals surface area (Å²) in [4.78, 5) is 12.2. The van der Waals surface area contributed by atoms with Gasteiger partial charge in [0.05, 0.1) is 0 Å². The highest BCUT2D eigenvalue weighted by molar-refractivity contribution is 14.1. The Labute approximate surface area is 134 Å². The SMILES string of the molecule is Cc1ccc(C(=O)Nc2ccc(Br)cc2C)cc1I. The zero-order chi connectivity index (χ0) is 14.0. The van der Waals surface area contributed by atoms with E-state index >= 15 is 0 Å². The fourth-order valence-corrected chi connectivity index (χ4v) is 2.69. The van der Waals surface area contributed by atoms with Crippen LogP contribution in [-0.2, 0) is 0 Å². The molecule has 0 aliphatic rings. The Morgan fingerprint density at radius 1 is 1.11 bits per heavy atom. The van der Waals surface area contributed by atoms with Crippen molar-refractivity contribution < 1.29 is 4.79 Å². The Balaban J connectivity index is 2.23. The van der Waals surface area contributed by atoms with Crippen molar-refractivity contribution in [1.82, 2.24) is 0 Å². The maximum Gasteiger partial charge on any atom is 0.255 e. The van der Waals surface area contributed by atoms with E-state index in [1.165, 1.54) is 5.56 Å². The highest BCUT2D eigenvalue weighted by atomic mass is 127. The van der Waals surface area contributed by atoms with Gasteiger partial charge in [0, 0.05) is 19.3 Å². The lowest BCUT2D eigenvalue weighted by molar-refractivity contribution is 0.102. The van der Waals surface area contributed by atoms with Crippen molar-refractivity contribution in [1.29, 1.82) is 0 Å². The Morgan fingerprint density at radius 3 is 2.47 bits per heavy atom. The van der Waals surface area contributed by atoms with Crippen LogP contribution in [0.5, 0.6) is 0 Å². The Hall–Kier alpha value is -0.880. The fraction of sp³-hybridized carbons (Fsp3) is 0.133. The molecule has 0 aliphatic heterocycles. The average molecular weight is 430 g/mol. The molecule has 1 N–H and O–H groups in total. The second-order valence-corrected chi connectivity index (χ2v) is 6.46. The molecule has 0 heterocycles. The third-order valence-electron chi connectivity index (χ3n) is 2.87. The maximum absolute atomic E-state index is 12.2. The van der Waals surface area contributed by atoms with E-state index in [4.69, 9.17) is 0 Å². The summed E-state index contributed by atoms with van der Waals surface area (Å²) in [6.07, 6.45) is 0. The summed E-state index contributed by atoms with van der Waals surface area (Å²) in [7, 11) is 0. The molecule has 0 aliphatic carbocycles. The van der Waals surface area contributed by atoms with E-state index in [0.717, 1.165) is 19.3 Å². The minimum absolute atomic E-state index is 0.0802. The number of benzene rings is 2. The molecule has 0 atom stereocenters. The maximum atomic E-state index is 12.2. The Kier molecular flexibility index (Phi) is 4.62. The zero-order valence-electron chi connectivity index (χ0n) is 10.6. The first-order valence-corrected chi connectivity index (χ1v) is 7.68. The number of halogens is 2. The van der Waals surface area contributed by atoms with E-state index in [2.05, 4.69) is 43.8 Å². The molecule has 0 spiro atoms. The first-order chi connectivity index (χ1) is 8.97. The van der Waals surface area contributed by atoms with E-state index in [9.17, 15) is 4.79 Å². The van der Waals surface area contributed by atoms with Crippen molar-refractivity contribution in [3.63, 3.8) is 0 Å². The summed E-state index contributed by atoms with van der Waals surface area (Å²) >= 11 is 5.65. The first-order valence-electron chi connectivity index (χ1n) is 5.81. The largest absolute Gasteiger partial charge is 0.322 e. The molecule has 2 rings (SSSR count). The lowest BCUT2D eigenvalue weighted by Gasteiger charge is -2.09. The third kappa shape index (κ3) is 3.57. The van der Waals surface area contributed by atoms with Crippen LogP contribution in [-0.4, -0.2) is 5.91 Å². The molecule has 2 aromatic rings. The van der Waals surface area contributed by atoms with Gasteiger partial charge in [0.15, 0.2) is 0 Å². The monoisotopic (exact) mass is 429 g/mol. The highest BCUT2D eigenvalue weighted by Gasteiger charge is 2.09. The molecule has 2 aromatic carbocycles. The third-order valence-corrected chi connectivity index (χ3v) is 4.53. The average Bonchev–Trinajstić information content (AvgIpc) is 2.36. The standard InChI is InChI=1S/C15H13BrINO/c1-9-3-4-11(8-13(9)17)15(19)18-14-6-5-12(16)7-10(14)2/h3-8H,1-2H3,(H,18,19). The normalized spacial score (nSPS) is 10.3. The topological polar surface area (TPSA) is 29.1 Å². The van der Waals surface area contributed by atoms with Gasteiger partial charge >= 0.3 is 0 Å². The van der Waals surface area contributed by atoms with Gasteiger partial charge in [-0.2, -0.15) is 0 Å². The molecule has 0 saturated carbocycles. The van der Waals surface area contributed by atoms with E-state index in [-0.39, 0.29) is 5.91 Å². The molecule has 1 amide bonds. The van der Waals surface area contributed by atoms with Crippen LogP contribution in [0.15, 0.2) is 40.9 Å². The molecule has 4 heteroatoms. The van der Waals surface area contributed by atoms with Crippen molar-refractivity contribution in [3.05, 3.63) is 61.1 Å². The lowest BCUT2D eigenvalue weighted by Crippen LogP contribution is -2.13. The smallest absolute Gasteiger partial charge is 0.255 e. The van der Waals surface area contributed by atoms with E-state index in [0.29, 0.717) is 5.56 Å². The lowest BCUT2D eigenvalue weighted by atomic mass is 10.1. The van der Waals surface area contributed by atoms with Gasteiger partial charge in [-0.05, 0) is 77.9 Å². The number of rotatable bonds is 2. The molecule has 0 aromatic heterocycles. The molecule has 98 valence electrons. The summed E-state index contributed by atoms with van der Waals surface area (Å²) < 4.78 is 2.10. The predicted octanol–water partition coefficient (Wildman–Crippen LogP) is 4.92. The van der Waals surface area contributed by atoms with Gasteiger partial charge in [-0.3, -0.25) is 4.79 Å². The second-order valence-electron chi connectivity index (χ2n) is 4.38. The summed E-state index contributed by atoms with van der Waals surface area (Å²) in [6, 6.07) is 11.5. The van der Waals surface area contributed by atoms with Crippen molar-refractivity contribution >= 4 is 50.1 Å². The van der Waals surface area contributed by atoms with Gasteiger partial charge in [-0.1, -0.05) is 22.0 Å². The van der Waals surface area contributed by atoms with Gasteiger partial charge < -0.3 is 5.32 Å². The summed E-state index contributed by atoms with van der Waals surface area (Å²) in [5, 5.41) is 2.94. The number of hydrogen-bond donors (Lipinski definition) is 1. The molecule has 2 nitrogen and oxygen atoms in total. The van der Waals surface area contributed by atoms with Crippen LogP contribution >= 0.6 is 38.5 Å². The minimum atomic E-state index is -0.0802. The molecular formula is C15H13BrINO. The van der Waals surface area contributed by atoms with Crippen molar-refractivity contribution in [3.8, 4) is 0 Å². The number of nitrogens with one attached hydrogen (secondary N) is 1. The number of carbonyl (C=O) groups excluding carboxylic acids is 1. The summed E-state index contributed by atoms with van der Waals surface area (Å²) in [6.45, 7) is 4.00. The van der Waals surface area contributed by atoms with Crippen molar-refractivity contribution in [2.24, 2.45) is 0 Å². The van der Waals surface area contributed by atoms with Crippen LogP contribution in [0.4, 0.5) is 5.69 Å². The number of amides is 1. The van der Waals surface area contributed by atoms with Gasteiger partial charge in [0.1, 0.15) is 0 Å². The van der Waals surface area contributed by atoms with Gasteiger partial charge in [-0.15, -0.1) is 0 Å². The second kappa shape index (κ2) is 6.05. The van der Waals surface area contributed by atoms with Gasteiger partial charge in [-0.25, -0.2) is 0 Å². The van der Waals surface area contributed by atoms with Crippen LogP contribution in [0, 0.1) is 17.4 Å².